The highest BCUT2D eigenvalue weighted by molar-refractivity contribution is 7.89. The third-order valence-electron chi connectivity index (χ3n) is 3.88. The van der Waals surface area contributed by atoms with Crippen LogP contribution in [0.25, 0.3) is 11.1 Å². The smallest absolute Gasteiger partial charge is 0.408 e. The van der Waals surface area contributed by atoms with Gasteiger partial charge in [0.05, 0.1) is 10.5 Å². The number of aryl methyl sites for hydroxylation is 1. The Hall–Kier alpha value is -2.09. The fraction of sp³-hybridized carbons (Fsp3) is 0.235. The van der Waals surface area contributed by atoms with Crippen LogP contribution in [-0.2, 0) is 23.0 Å². The first-order valence-corrected chi connectivity index (χ1v) is 9.65. The number of sulfonamides is 1. The predicted molar refractivity (Wildman–Crippen MR) is 96.5 cm³/mol. The fourth-order valence-electron chi connectivity index (χ4n) is 2.62. The topological polar surface area (TPSA) is 81.3 Å². The molecule has 3 aromatic rings. The molecule has 1 aromatic heterocycles. The minimum absolute atomic E-state index is 0.0442. The van der Waals surface area contributed by atoms with Gasteiger partial charge in [-0.05, 0) is 25.0 Å². The molecule has 25 heavy (non-hydrogen) atoms. The number of benzene rings is 2. The maximum absolute atomic E-state index is 12.5. The lowest BCUT2D eigenvalue weighted by molar-refractivity contribution is 0.512. The van der Waals surface area contributed by atoms with Crippen molar-refractivity contribution in [1.82, 2.24) is 9.29 Å². The molecule has 2 aromatic carbocycles. The average Bonchev–Trinajstić information content (AvgIpc) is 2.89. The van der Waals surface area contributed by atoms with Crippen molar-refractivity contribution in [2.24, 2.45) is 0 Å². The van der Waals surface area contributed by atoms with E-state index < -0.39 is 15.8 Å². The highest BCUT2D eigenvalue weighted by Crippen LogP contribution is 2.27. The zero-order valence-corrected chi connectivity index (χ0v) is 15.1. The molecule has 6 nitrogen and oxygen atoms in total. The Balaban J connectivity index is 1.86. The molecule has 0 fully saturated rings. The molecule has 0 bridgehead atoms. The van der Waals surface area contributed by atoms with Crippen LogP contribution in [0.2, 0.25) is 5.02 Å². The van der Waals surface area contributed by atoms with Crippen molar-refractivity contribution in [3.63, 3.8) is 0 Å². The number of rotatable bonds is 6. The third-order valence-corrected chi connectivity index (χ3v) is 5.80. The van der Waals surface area contributed by atoms with Gasteiger partial charge in [-0.3, -0.25) is 4.57 Å². The van der Waals surface area contributed by atoms with Crippen LogP contribution in [0, 0.1) is 0 Å². The summed E-state index contributed by atoms with van der Waals surface area (Å²) < 4.78 is 34.1. The molecule has 132 valence electrons. The summed E-state index contributed by atoms with van der Waals surface area (Å²) in [5, 5.41) is 0.0442. The molecule has 1 N–H and O–H groups in total. The summed E-state index contributed by atoms with van der Waals surface area (Å²) in [6.07, 6.45) is 0.557. The lowest BCUT2D eigenvalue weighted by atomic mass is 10.2. The molecule has 0 atom stereocenters. The Morgan fingerprint density at radius 1 is 1.20 bits per heavy atom. The minimum atomic E-state index is -3.82. The van der Waals surface area contributed by atoms with E-state index in [1.54, 1.807) is 6.92 Å². The minimum Gasteiger partial charge on any atom is -0.408 e. The summed E-state index contributed by atoms with van der Waals surface area (Å²) >= 11 is 6.15. The van der Waals surface area contributed by atoms with Crippen molar-refractivity contribution >= 4 is 32.7 Å². The van der Waals surface area contributed by atoms with Crippen LogP contribution in [0.3, 0.4) is 0 Å². The summed E-state index contributed by atoms with van der Waals surface area (Å²) in [5.41, 5.74) is 1.69. The zero-order chi connectivity index (χ0) is 18.0. The molecule has 0 amide bonds. The number of aromatic nitrogens is 1. The van der Waals surface area contributed by atoms with Gasteiger partial charge in [0.1, 0.15) is 4.90 Å². The van der Waals surface area contributed by atoms with Crippen LogP contribution < -0.4 is 10.5 Å². The van der Waals surface area contributed by atoms with E-state index in [1.807, 2.05) is 30.3 Å². The maximum Gasteiger partial charge on any atom is 0.419 e. The molecular formula is C17H17ClN2O4S. The van der Waals surface area contributed by atoms with E-state index in [0.29, 0.717) is 18.5 Å². The molecule has 0 saturated carbocycles. The van der Waals surface area contributed by atoms with Crippen molar-refractivity contribution < 1.29 is 12.8 Å². The summed E-state index contributed by atoms with van der Waals surface area (Å²) in [7, 11) is -3.82. The monoisotopic (exact) mass is 380 g/mol. The van der Waals surface area contributed by atoms with E-state index in [2.05, 4.69) is 4.72 Å². The van der Waals surface area contributed by atoms with Crippen LogP contribution in [-0.4, -0.2) is 19.5 Å². The first kappa shape index (κ1) is 17.7. The van der Waals surface area contributed by atoms with Gasteiger partial charge < -0.3 is 4.42 Å². The number of fused-ring (bicyclic) bond motifs is 1. The molecule has 1 heterocycles. The highest BCUT2D eigenvalue weighted by atomic mass is 35.5. The Morgan fingerprint density at radius 2 is 1.92 bits per heavy atom. The molecule has 8 heteroatoms. The van der Waals surface area contributed by atoms with Crippen LogP contribution >= 0.6 is 11.6 Å². The Kier molecular flexibility index (Phi) is 4.99. The fourth-order valence-corrected chi connectivity index (χ4v) is 4.19. The highest BCUT2D eigenvalue weighted by Gasteiger charge is 2.21. The van der Waals surface area contributed by atoms with Crippen molar-refractivity contribution in [1.29, 1.82) is 0 Å². The second-order valence-corrected chi connectivity index (χ2v) is 7.64. The number of nitrogens with zero attached hydrogens (tertiary/aromatic N) is 1. The zero-order valence-electron chi connectivity index (χ0n) is 13.5. The largest absolute Gasteiger partial charge is 0.419 e. The Morgan fingerprint density at radius 3 is 2.60 bits per heavy atom. The van der Waals surface area contributed by atoms with E-state index >= 15 is 0 Å². The molecular weight excluding hydrogens is 364 g/mol. The molecule has 0 unspecified atom stereocenters. The number of hydrogen-bond acceptors (Lipinski definition) is 4. The standard InChI is InChI=1S/C17H17ClN2O4S/c1-2-20-14-10-13(18)16(11-15(14)24-17(20)21)25(22,23)19-9-8-12-6-4-3-5-7-12/h3-7,10-11,19H,2,8-9H2,1H3. The summed E-state index contributed by atoms with van der Waals surface area (Å²) in [6, 6.07) is 12.3. The Bertz CT molecular complexity index is 1060. The summed E-state index contributed by atoms with van der Waals surface area (Å²) in [4.78, 5) is 11.7. The van der Waals surface area contributed by atoms with Crippen LogP contribution in [0.15, 0.2) is 56.6 Å². The number of hydrogen-bond donors (Lipinski definition) is 1. The average molecular weight is 381 g/mol. The van der Waals surface area contributed by atoms with E-state index in [-0.39, 0.29) is 22.0 Å². The van der Waals surface area contributed by atoms with E-state index in [0.717, 1.165) is 5.56 Å². The van der Waals surface area contributed by atoms with Crippen molar-refractivity contribution in [2.75, 3.05) is 6.54 Å². The van der Waals surface area contributed by atoms with Crippen molar-refractivity contribution in [3.8, 4) is 0 Å². The van der Waals surface area contributed by atoms with Gasteiger partial charge in [0.2, 0.25) is 10.0 Å². The van der Waals surface area contributed by atoms with E-state index in [1.165, 1.54) is 16.7 Å². The van der Waals surface area contributed by atoms with E-state index in [9.17, 15) is 13.2 Å². The van der Waals surface area contributed by atoms with Gasteiger partial charge in [-0.1, -0.05) is 41.9 Å². The third kappa shape index (κ3) is 3.63. The quantitative estimate of drug-likeness (QED) is 0.713. The lowest BCUT2D eigenvalue weighted by Gasteiger charge is -2.09. The van der Waals surface area contributed by atoms with Crippen LogP contribution in [0.1, 0.15) is 12.5 Å². The lowest BCUT2D eigenvalue weighted by Crippen LogP contribution is -2.26. The van der Waals surface area contributed by atoms with Gasteiger partial charge in [0.25, 0.3) is 0 Å². The van der Waals surface area contributed by atoms with E-state index in [4.69, 9.17) is 16.0 Å². The number of nitrogens with one attached hydrogen (secondary N) is 1. The predicted octanol–water partition coefficient (Wildman–Crippen LogP) is 2.79. The number of halogens is 1. The molecule has 0 aliphatic carbocycles. The van der Waals surface area contributed by atoms with Crippen molar-refractivity contribution in [3.05, 3.63) is 63.6 Å². The van der Waals surface area contributed by atoms with Crippen LogP contribution in [0.5, 0.6) is 0 Å². The van der Waals surface area contributed by atoms with Crippen molar-refractivity contribution in [2.45, 2.75) is 24.8 Å². The van der Waals surface area contributed by atoms with Gasteiger partial charge in [0, 0.05) is 19.2 Å². The molecule has 0 spiro atoms. The second-order valence-electron chi connectivity index (χ2n) is 5.50. The second kappa shape index (κ2) is 7.03. The molecule has 0 aliphatic rings. The first-order chi connectivity index (χ1) is 11.9. The van der Waals surface area contributed by atoms with Gasteiger partial charge in [-0.25, -0.2) is 17.9 Å². The summed E-state index contributed by atoms with van der Waals surface area (Å²) in [5.74, 6) is -0.542. The van der Waals surface area contributed by atoms with Gasteiger partial charge in [-0.15, -0.1) is 0 Å². The van der Waals surface area contributed by atoms with Crippen LogP contribution in [0.4, 0.5) is 0 Å². The molecule has 3 rings (SSSR count). The SMILES string of the molecule is CCn1c(=O)oc2cc(S(=O)(=O)NCCc3ccccc3)c(Cl)cc21. The summed E-state index contributed by atoms with van der Waals surface area (Å²) in [6.45, 7) is 2.43. The molecule has 0 saturated heterocycles. The normalized spacial score (nSPS) is 11.9. The Labute approximate surface area is 150 Å². The van der Waals surface area contributed by atoms with Gasteiger partial charge >= 0.3 is 5.76 Å². The maximum atomic E-state index is 12.5. The van der Waals surface area contributed by atoms with Gasteiger partial charge in [-0.2, -0.15) is 0 Å². The molecule has 0 radical (unpaired) electrons. The first-order valence-electron chi connectivity index (χ1n) is 7.79. The molecule has 0 aliphatic heterocycles. The number of oxazole rings is 1. The van der Waals surface area contributed by atoms with Gasteiger partial charge in [0.15, 0.2) is 5.58 Å².